The Balaban J connectivity index is 2.26. The minimum absolute atomic E-state index is 1.08. The van der Waals surface area contributed by atoms with Gasteiger partial charge in [-0.2, -0.15) is 0 Å². The van der Waals surface area contributed by atoms with Crippen molar-refractivity contribution in [2.24, 2.45) is 0 Å². The summed E-state index contributed by atoms with van der Waals surface area (Å²) < 4.78 is 1.15. The van der Waals surface area contributed by atoms with Gasteiger partial charge in [-0.05, 0) is 48.2 Å². The van der Waals surface area contributed by atoms with Gasteiger partial charge in [-0.15, -0.1) is 0 Å². The van der Waals surface area contributed by atoms with Crippen LogP contribution in [0.4, 0.5) is 5.69 Å². The van der Waals surface area contributed by atoms with Gasteiger partial charge >= 0.3 is 0 Å². The van der Waals surface area contributed by atoms with E-state index in [1.165, 1.54) is 38.0 Å². The maximum Gasteiger partial charge on any atom is 0.0621 e. The van der Waals surface area contributed by atoms with E-state index in [-0.39, 0.29) is 0 Å². The van der Waals surface area contributed by atoms with Gasteiger partial charge in [0.2, 0.25) is 0 Å². The van der Waals surface area contributed by atoms with Crippen molar-refractivity contribution >= 4 is 21.6 Å². The first kappa shape index (κ1) is 9.97. The van der Waals surface area contributed by atoms with Crippen LogP contribution in [0.1, 0.15) is 25.0 Å². The normalized spacial score (nSPS) is 17.1. The summed E-state index contributed by atoms with van der Waals surface area (Å²) in [5, 5.41) is 0. The third kappa shape index (κ3) is 1.92. The van der Waals surface area contributed by atoms with E-state index in [1.54, 1.807) is 0 Å². The predicted octanol–water partition coefficient (Wildman–Crippen LogP) is 3.14. The Morgan fingerprint density at radius 2 is 2.00 bits per heavy atom. The lowest BCUT2D eigenvalue weighted by Crippen LogP contribution is -2.29. The number of hydrogen-bond acceptors (Lipinski definition) is 2. The minimum Gasteiger partial charge on any atom is -0.371 e. The molecule has 0 unspecified atom stereocenters. The lowest BCUT2D eigenvalue weighted by molar-refractivity contribution is 0.577. The first-order valence-electron chi connectivity index (χ1n) is 5.15. The van der Waals surface area contributed by atoms with Gasteiger partial charge in [-0.1, -0.05) is 0 Å². The van der Waals surface area contributed by atoms with Gasteiger partial charge in [-0.3, -0.25) is 4.98 Å². The van der Waals surface area contributed by atoms with Crippen LogP contribution in [0.25, 0.3) is 0 Å². The number of nitrogens with zero attached hydrogens (tertiary/aromatic N) is 2. The molecule has 2 nitrogen and oxygen atoms in total. The topological polar surface area (TPSA) is 16.1 Å². The van der Waals surface area contributed by atoms with Crippen LogP contribution < -0.4 is 4.90 Å². The zero-order valence-corrected chi connectivity index (χ0v) is 10.0. The molecule has 0 saturated carbocycles. The molecule has 1 aromatic heterocycles. The van der Waals surface area contributed by atoms with Crippen LogP contribution in [0.3, 0.4) is 0 Å². The van der Waals surface area contributed by atoms with Gasteiger partial charge in [-0.25, -0.2) is 0 Å². The van der Waals surface area contributed by atoms with Gasteiger partial charge in [0.1, 0.15) is 0 Å². The van der Waals surface area contributed by atoms with Crippen LogP contribution in [0.15, 0.2) is 16.7 Å². The van der Waals surface area contributed by atoms with Gasteiger partial charge in [0.25, 0.3) is 0 Å². The first-order valence-corrected chi connectivity index (χ1v) is 5.94. The zero-order valence-electron chi connectivity index (χ0n) is 8.46. The van der Waals surface area contributed by atoms with E-state index in [4.69, 9.17) is 0 Å². The largest absolute Gasteiger partial charge is 0.371 e. The van der Waals surface area contributed by atoms with Gasteiger partial charge < -0.3 is 4.90 Å². The van der Waals surface area contributed by atoms with Crippen molar-refractivity contribution in [3.05, 3.63) is 22.4 Å². The third-order valence-electron chi connectivity index (χ3n) is 2.74. The van der Waals surface area contributed by atoms with E-state index in [9.17, 15) is 0 Å². The molecule has 3 heteroatoms. The number of rotatable bonds is 1. The second-order valence-electron chi connectivity index (χ2n) is 3.78. The van der Waals surface area contributed by atoms with Crippen LogP contribution in [0.2, 0.25) is 0 Å². The average Bonchev–Trinajstić information content (AvgIpc) is 2.23. The molecule has 2 heterocycles. The van der Waals surface area contributed by atoms with Crippen molar-refractivity contribution in [1.82, 2.24) is 4.98 Å². The van der Waals surface area contributed by atoms with Crippen molar-refractivity contribution < 1.29 is 0 Å². The molecule has 2 rings (SSSR count). The van der Waals surface area contributed by atoms with E-state index >= 15 is 0 Å². The van der Waals surface area contributed by atoms with E-state index in [0.29, 0.717) is 0 Å². The second-order valence-corrected chi connectivity index (χ2v) is 4.57. The van der Waals surface area contributed by atoms with Crippen LogP contribution in [0.5, 0.6) is 0 Å². The summed E-state index contributed by atoms with van der Waals surface area (Å²) in [6, 6.07) is 2.10. The van der Waals surface area contributed by atoms with Crippen LogP contribution in [0, 0.1) is 6.92 Å². The molecule has 0 amide bonds. The predicted molar refractivity (Wildman–Crippen MR) is 62.7 cm³/mol. The minimum atomic E-state index is 1.08. The Kier molecular flexibility index (Phi) is 3.06. The summed E-state index contributed by atoms with van der Waals surface area (Å²) in [7, 11) is 0. The number of hydrogen-bond donors (Lipinski definition) is 0. The Labute approximate surface area is 93.5 Å². The quantitative estimate of drug-likeness (QED) is 0.766. The summed E-state index contributed by atoms with van der Waals surface area (Å²) in [4.78, 5) is 6.71. The highest BCUT2D eigenvalue weighted by Crippen LogP contribution is 2.29. The molecule has 0 aromatic carbocycles. The monoisotopic (exact) mass is 254 g/mol. The number of anilines is 1. The lowest BCUT2D eigenvalue weighted by atomic mass is 10.1. The summed E-state index contributed by atoms with van der Waals surface area (Å²) in [6.07, 6.45) is 5.89. The fourth-order valence-electron chi connectivity index (χ4n) is 1.91. The number of pyridine rings is 1. The Morgan fingerprint density at radius 1 is 1.29 bits per heavy atom. The highest BCUT2D eigenvalue weighted by atomic mass is 79.9. The third-order valence-corrected chi connectivity index (χ3v) is 3.72. The molecular formula is C11H15BrN2. The van der Waals surface area contributed by atoms with Crippen molar-refractivity contribution in [3.63, 3.8) is 0 Å². The molecule has 1 aliphatic rings. The summed E-state index contributed by atoms with van der Waals surface area (Å²) in [6.45, 7) is 4.40. The smallest absolute Gasteiger partial charge is 0.0621 e. The second kappa shape index (κ2) is 4.30. The highest BCUT2D eigenvalue weighted by Gasteiger charge is 2.14. The molecular weight excluding hydrogens is 240 g/mol. The number of halogens is 1. The van der Waals surface area contributed by atoms with Gasteiger partial charge in [0.05, 0.1) is 15.9 Å². The average molecular weight is 255 g/mol. The molecule has 1 aromatic rings. The molecule has 1 aliphatic heterocycles. The van der Waals surface area contributed by atoms with E-state index < -0.39 is 0 Å². The number of aryl methyl sites for hydroxylation is 1. The lowest BCUT2D eigenvalue weighted by Gasteiger charge is -2.29. The fourth-order valence-corrected chi connectivity index (χ4v) is 2.40. The molecule has 1 saturated heterocycles. The maximum absolute atomic E-state index is 4.26. The van der Waals surface area contributed by atoms with Gasteiger partial charge in [0.15, 0.2) is 0 Å². The van der Waals surface area contributed by atoms with Crippen molar-refractivity contribution in [2.45, 2.75) is 26.2 Å². The SMILES string of the molecule is Cc1nccc(N2CCCCC2)c1Br. The molecule has 0 aliphatic carbocycles. The van der Waals surface area contributed by atoms with E-state index in [2.05, 4.69) is 31.9 Å². The number of piperidine rings is 1. The summed E-state index contributed by atoms with van der Waals surface area (Å²) in [5.41, 5.74) is 2.38. The van der Waals surface area contributed by atoms with Crippen molar-refractivity contribution in [3.8, 4) is 0 Å². The Bertz CT molecular complexity index is 319. The summed E-state index contributed by atoms with van der Waals surface area (Å²) >= 11 is 3.61. The van der Waals surface area contributed by atoms with Crippen molar-refractivity contribution in [2.75, 3.05) is 18.0 Å². The first-order chi connectivity index (χ1) is 6.79. The highest BCUT2D eigenvalue weighted by molar-refractivity contribution is 9.10. The van der Waals surface area contributed by atoms with Crippen LogP contribution in [-0.2, 0) is 0 Å². The Hall–Kier alpha value is -0.570. The molecule has 0 spiro atoms. The molecule has 0 N–H and O–H groups in total. The molecule has 14 heavy (non-hydrogen) atoms. The van der Waals surface area contributed by atoms with Crippen LogP contribution >= 0.6 is 15.9 Å². The molecule has 0 bridgehead atoms. The fraction of sp³-hybridized carbons (Fsp3) is 0.545. The Morgan fingerprint density at radius 3 is 2.71 bits per heavy atom. The van der Waals surface area contributed by atoms with E-state index in [1.807, 2.05) is 13.1 Å². The molecule has 0 atom stereocenters. The summed E-state index contributed by atoms with van der Waals surface area (Å²) in [5.74, 6) is 0. The molecule has 0 radical (unpaired) electrons. The number of aromatic nitrogens is 1. The molecule has 76 valence electrons. The maximum atomic E-state index is 4.26. The standard InChI is InChI=1S/C11H15BrN2/c1-9-11(12)10(5-6-13-9)14-7-3-2-4-8-14/h5-6H,2-4,7-8H2,1H3. The van der Waals surface area contributed by atoms with Crippen LogP contribution in [-0.4, -0.2) is 18.1 Å². The van der Waals surface area contributed by atoms with Gasteiger partial charge in [0, 0.05) is 19.3 Å². The van der Waals surface area contributed by atoms with E-state index in [0.717, 1.165) is 10.2 Å². The molecule has 1 fully saturated rings. The zero-order chi connectivity index (χ0) is 9.97. The van der Waals surface area contributed by atoms with Crippen molar-refractivity contribution in [1.29, 1.82) is 0 Å².